The highest BCUT2D eigenvalue weighted by Gasteiger charge is 2.30. The van der Waals surface area contributed by atoms with Gasteiger partial charge in [-0.05, 0) is 51.0 Å². The average molecular weight is 410 g/mol. The summed E-state index contributed by atoms with van der Waals surface area (Å²) in [6, 6.07) is 9.48. The average Bonchev–Trinajstić information content (AvgIpc) is 3.13. The summed E-state index contributed by atoms with van der Waals surface area (Å²) in [5.41, 5.74) is 0.933. The lowest BCUT2D eigenvalue weighted by atomic mass is 9.87. The SMILES string of the molecule is CC(C)(CCN1CCCCC1)C(=O)Nc1[nH]nc(-c2cnc3ccccc3c2)c1F. The van der Waals surface area contributed by atoms with Gasteiger partial charge in [0.05, 0.1) is 5.52 Å². The zero-order valence-corrected chi connectivity index (χ0v) is 17.5. The number of rotatable bonds is 6. The van der Waals surface area contributed by atoms with Gasteiger partial charge in [-0.2, -0.15) is 5.10 Å². The fourth-order valence-electron chi connectivity index (χ4n) is 3.82. The molecule has 0 bridgehead atoms. The molecule has 1 aliphatic heterocycles. The minimum Gasteiger partial charge on any atom is -0.308 e. The number of benzene rings is 1. The first kappa shape index (κ1) is 20.5. The summed E-state index contributed by atoms with van der Waals surface area (Å²) in [6.45, 7) is 6.86. The number of aromatic nitrogens is 3. The van der Waals surface area contributed by atoms with Crippen molar-refractivity contribution in [1.29, 1.82) is 0 Å². The second-order valence-corrected chi connectivity index (χ2v) is 8.67. The minimum atomic E-state index is -0.611. The molecule has 1 saturated heterocycles. The zero-order chi connectivity index (χ0) is 21.1. The summed E-state index contributed by atoms with van der Waals surface area (Å²) in [7, 11) is 0. The molecule has 0 unspecified atom stereocenters. The van der Waals surface area contributed by atoms with E-state index >= 15 is 0 Å². The van der Waals surface area contributed by atoms with Crippen molar-refractivity contribution in [1.82, 2.24) is 20.1 Å². The van der Waals surface area contributed by atoms with Crippen LogP contribution in [0, 0.1) is 11.2 Å². The van der Waals surface area contributed by atoms with Crippen LogP contribution in [0.25, 0.3) is 22.2 Å². The number of H-pyrrole nitrogens is 1. The molecule has 158 valence electrons. The van der Waals surface area contributed by atoms with Gasteiger partial charge in [0, 0.05) is 22.6 Å². The third-order valence-corrected chi connectivity index (χ3v) is 5.93. The van der Waals surface area contributed by atoms with Crippen molar-refractivity contribution in [3.63, 3.8) is 0 Å². The molecular weight excluding hydrogens is 381 g/mol. The van der Waals surface area contributed by atoms with E-state index < -0.39 is 11.2 Å². The Labute approximate surface area is 175 Å². The highest BCUT2D eigenvalue weighted by Crippen LogP contribution is 2.29. The molecule has 2 N–H and O–H groups in total. The Hall–Kier alpha value is -2.80. The van der Waals surface area contributed by atoms with Crippen molar-refractivity contribution in [2.75, 3.05) is 25.0 Å². The van der Waals surface area contributed by atoms with Gasteiger partial charge in [-0.25, -0.2) is 4.39 Å². The number of anilines is 1. The molecular formula is C23H28FN5O. The standard InChI is InChI=1S/C23H28FN5O/c1-23(2,10-13-29-11-6-3-7-12-29)22(30)26-21-19(24)20(27-28-21)17-14-16-8-4-5-9-18(16)25-15-17/h4-5,8-9,14-15H,3,6-7,10-13H2,1-2H3,(H2,26,27,28,30). The molecule has 4 rings (SSSR count). The van der Waals surface area contributed by atoms with Crippen LogP contribution in [-0.4, -0.2) is 45.6 Å². The molecule has 0 radical (unpaired) electrons. The Kier molecular flexibility index (Phi) is 5.81. The lowest BCUT2D eigenvalue weighted by Crippen LogP contribution is -2.37. The number of likely N-dealkylation sites (tertiary alicyclic amines) is 1. The number of amides is 1. The summed E-state index contributed by atoms with van der Waals surface area (Å²) in [5, 5.41) is 10.3. The first-order valence-corrected chi connectivity index (χ1v) is 10.6. The zero-order valence-electron chi connectivity index (χ0n) is 17.5. The van der Waals surface area contributed by atoms with Crippen molar-refractivity contribution in [3.8, 4) is 11.3 Å². The third kappa shape index (κ3) is 4.36. The maximum absolute atomic E-state index is 15.0. The summed E-state index contributed by atoms with van der Waals surface area (Å²) in [5.74, 6) is -0.799. The fraction of sp³-hybridized carbons (Fsp3) is 0.435. The van der Waals surface area contributed by atoms with Gasteiger partial charge in [-0.1, -0.05) is 38.5 Å². The van der Waals surface area contributed by atoms with Gasteiger partial charge in [-0.3, -0.25) is 14.9 Å². The summed E-state index contributed by atoms with van der Waals surface area (Å²) in [4.78, 5) is 19.6. The van der Waals surface area contributed by atoms with E-state index in [1.54, 1.807) is 6.20 Å². The second-order valence-electron chi connectivity index (χ2n) is 8.67. The molecule has 0 saturated carbocycles. The number of piperidine rings is 1. The smallest absolute Gasteiger partial charge is 0.231 e. The highest BCUT2D eigenvalue weighted by molar-refractivity contribution is 5.94. The third-order valence-electron chi connectivity index (χ3n) is 5.93. The van der Waals surface area contributed by atoms with Crippen LogP contribution in [0.2, 0.25) is 0 Å². The largest absolute Gasteiger partial charge is 0.308 e. The van der Waals surface area contributed by atoms with E-state index in [1.807, 2.05) is 44.2 Å². The number of aromatic amines is 1. The number of hydrogen-bond donors (Lipinski definition) is 2. The maximum atomic E-state index is 15.0. The van der Waals surface area contributed by atoms with Crippen molar-refractivity contribution in [2.24, 2.45) is 5.41 Å². The monoisotopic (exact) mass is 409 g/mol. The lowest BCUT2D eigenvalue weighted by molar-refractivity contribution is -0.124. The van der Waals surface area contributed by atoms with E-state index in [0.29, 0.717) is 5.56 Å². The Morgan fingerprint density at radius 1 is 1.23 bits per heavy atom. The Morgan fingerprint density at radius 3 is 2.80 bits per heavy atom. The van der Waals surface area contributed by atoms with Crippen LogP contribution in [-0.2, 0) is 4.79 Å². The molecule has 3 heterocycles. The van der Waals surface area contributed by atoms with Gasteiger partial charge in [0.1, 0.15) is 5.69 Å². The van der Waals surface area contributed by atoms with E-state index in [4.69, 9.17) is 0 Å². The number of carbonyl (C=O) groups is 1. The first-order valence-electron chi connectivity index (χ1n) is 10.6. The number of fused-ring (bicyclic) bond motifs is 1. The van der Waals surface area contributed by atoms with Crippen molar-refractivity contribution in [2.45, 2.75) is 39.5 Å². The topological polar surface area (TPSA) is 73.9 Å². The number of halogens is 1. The molecule has 1 fully saturated rings. The van der Waals surface area contributed by atoms with Gasteiger partial charge in [0.15, 0.2) is 11.6 Å². The predicted molar refractivity (Wildman–Crippen MR) is 117 cm³/mol. The Bertz CT molecular complexity index is 1040. The first-order chi connectivity index (χ1) is 14.4. The lowest BCUT2D eigenvalue weighted by Gasteiger charge is -2.30. The number of para-hydroxylation sites is 1. The van der Waals surface area contributed by atoms with Crippen LogP contribution >= 0.6 is 0 Å². The van der Waals surface area contributed by atoms with Crippen LogP contribution < -0.4 is 5.32 Å². The van der Waals surface area contributed by atoms with Gasteiger partial charge in [-0.15, -0.1) is 0 Å². The number of hydrogen-bond acceptors (Lipinski definition) is 4. The molecule has 7 heteroatoms. The van der Waals surface area contributed by atoms with Gasteiger partial charge >= 0.3 is 0 Å². The number of nitrogens with one attached hydrogen (secondary N) is 2. The molecule has 1 amide bonds. The number of nitrogens with zero attached hydrogens (tertiary/aromatic N) is 3. The summed E-state index contributed by atoms with van der Waals surface area (Å²) >= 11 is 0. The number of carbonyl (C=O) groups excluding carboxylic acids is 1. The molecule has 6 nitrogen and oxygen atoms in total. The normalized spacial score (nSPS) is 15.4. The van der Waals surface area contributed by atoms with E-state index in [2.05, 4.69) is 25.4 Å². The number of pyridine rings is 1. The van der Waals surface area contributed by atoms with Gasteiger partial charge in [0.2, 0.25) is 5.91 Å². The van der Waals surface area contributed by atoms with E-state index in [1.165, 1.54) is 19.3 Å². The predicted octanol–water partition coefficient (Wildman–Crippen LogP) is 4.60. The molecule has 2 aromatic heterocycles. The van der Waals surface area contributed by atoms with Crippen molar-refractivity contribution >= 4 is 22.6 Å². The van der Waals surface area contributed by atoms with E-state index in [-0.39, 0.29) is 17.4 Å². The van der Waals surface area contributed by atoms with Gasteiger partial charge < -0.3 is 10.2 Å². The van der Waals surface area contributed by atoms with Crippen LogP contribution in [0.1, 0.15) is 39.5 Å². The molecule has 1 aromatic carbocycles. The minimum absolute atomic E-state index is 0.00536. The molecule has 30 heavy (non-hydrogen) atoms. The van der Waals surface area contributed by atoms with Gasteiger partial charge in [0.25, 0.3) is 0 Å². The quantitative estimate of drug-likeness (QED) is 0.624. The van der Waals surface area contributed by atoms with Crippen LogP contribution in [0.4, 0.5) is 10.2 Å². The van der Waals surface area contributed by atoms with Crippen LogP contribution in [0.3, 0.4) is 0 Å². The van der Waals surface area contributed by atoms with E-state index in [9.17, 15) is 9.18 Å². The molecule has 0 atom stereocenters. The molecule has 1 aliphatic rings. The van der Waals surface area contributed by atoms with Crippen LogP contribution in [0.15, 0.2) is 36.5 Å². The molecule has 3 aromatic rings. The molecule has 0 aliphatic carbocycles. The second kappa shape index (κ2) is 8.52. The van der Waals surface area contributed by atoms with E-state index in [0.717, 1.165) is 37.0 Å². The van der Waals surface area contributed by atoms with Crippen molar-refractivity contribution in [3.05, 3.63) is 42.3 Å². The Balaban J connectivity index is 1.45. The van der Waals surface area contributed by atoms with Crippen LogP contribution in [0.5, 0.6) is 0 Å². The maximum Gasteiger partial charge on any atom is 0.231 e. The Morgan fingerprint density at radius 2 is 2.00 bits per heavy atom. The highest BCUT2D eigenvalue weighted by atomic mass is 19.1. The summed E-state index contributed by atoms with van der Waals surface area (Å²) < 4.78 is 15.0. The fourth-order valence-corrected chi connectivity index (χ4v) is 3.82. The summed E-state index contributed by atoms with van der Waals surface area (Å²) in [6.07, 6.45) is 6.04. The van der Waals surface area contributed by atoms with Crippen molar-refractivity contribution < 1.29 is 9.18 Å². The molecule has 0 spiro atoms.